The third kappa shape index (κ3) is 5.25. The van der Waals surface area contributed by atoms with Crippen LogP contribution in [0.5, 0.6) is 0 Å². The van der Waals surface area contributed by atoms with Gasteiger partial charge in [0.2, 0.25) is 5.91 Å². The molecule has 0 aliphatic carbocycles. The van der Waals surface area contributed by atoms with E-state index in [4.69, 9.17) is 4.74 Å². The van der Waals surface area contributed by atoms with Gasteiger partial charge in [-0.25, -0.2) is 4.79 Å². The van der Waals surface area contributed by atoms with Gasteiger partial charge in [-0.2, -0.15) is 0 Å². The van der Waals surface area contributed by atoms with Crippen molar-refractivity contribution in [3.8, 4) is 0 Å². The number of amides is 1. The number of rotatable bonds is 7. The summed E-state index contributed by atoms with van der Waals surface area (Å²) >= 11 is 0. The Kier molecular flexibility index (Phi) is 6.89. The predicted molar refractivity (Wildman–Crippen MR) is 112 cm³/mol. The van der Waals surface area contributed by atoms with Gasteiger partial charge in [0.25, 0.3) is 0 Å². The average Bonchev–Trinajstić information content (AvgIpc) is 2.75. The number of anilines is 3. The molecule has 0 bridgehead atoms. The summed E-state index contributed by atoms with van der Waals surface area (Å²) in [5.41, 5.74) is 3.05. The molecular weight excluding hydrogens is 354 g/mol. The topological polar surface area (TPSA) is 70.7 Å². The fourth-order valence-corrected chi connectivity index (χ4v) is 3.36. The normalized spacial score (nSPS) is 13.7. The highest BCUT2D eigenvalue weighted by molar-refractivity contribution is 6.01. The number of piperidine rings is 1. The number of benzene rings is 2. The van der Waals surface area contributed by atoms with E-state index < -0.39 is 5.97 Å². The Bertz CT molecular complexity index is 799. The summed E-state index contributed by atoms with van der Waals surface area (Å²) in [6.45, 7) is 2.76. The number of carbonyl (C=O) groups is 2. The molecular formula is C22H27N3O3. The molecule has 1 aliphatic heterocycles. The van der Waals surface area contributed by atoms with Crippen molar-refractivity contribution in [3.63, 3.8) is 0 Å². The molecule has 0 atom stereocenters. The SMILES string of the molecule is COC(=O)c1ccccc1NC(=O)CCNc1ccc(N2CCCCC2)cc1. The molecule has 1 fully saturated rings. The summed E-state index contributed by atoms with van der Waals surface area (Å²) in [6.07, 6.45) is 4.13. The first-order valence-electron chi connectivity index (χ1n) is 9.73. The van der Waals surface area contributed by atoms with Gasteiger partial charge in [0.15, 0.2) is 0 Å². The van der Waals surface area contributed by atoms with Crippen molar-refractivity contribution < 1.29 is 14.3 Å². The van der Waals surface area contributed by atoms with Gasteiger partial charge in [0, 0.05) is 37.4 Å². The molecule has 0 unspecified atom stereocenters. The van der Waals surface area contributed by atoms with Gasteiger partial charge in [0.05, 0.1) is 18.4 Å². The summed E-state index contributed by atoms with van der Waals surface area (Å²) < 4.78 is 4.74. The predicted octanol–water partition coefficient (Wildman–Crippen LogP) is 3.90. The number of nitrogens with zero attached hydrogens (tertiary/aromatic N) is 1. The molecule has 2 N–H and O–H groups in total. The highest BCUT2D eigenvalue weighted by atomic mass is 16.5. The number of hydrogen-bond acceptors (Lipinski definition) is 5. The molecule has 6 heteroatoms. The number of nitrogens with one attached hydrogen (secondary N) is 2. The molecule has 0 saturated carbocycles. The van der Waals surface area contributed by atoms with Gasteiger partial charge in [0.1, 0.15) is 0 Å². The van der Waals surface area contributed by atoms with Crippen LogP contribution in [0.15, 0.2) is 48.5 Å². The van der Waals surface area contributed by atoms with Gasteiger partial charge < -0.3 is 20.3 Å². The summed E-state index contributed by atoms with van der Waals surface area (Å²) in [4.78, 5) is 26.4. The smallest absolute Gasteiger partial charge is 0.339 e. The van der Waals surface area contributed by atoms with E-state index in [2.05, 4.69) is 27.7 Å². The zero-order valence-electron chi connectivity index (χ0n) is 16.2. The lowest BCUT2D eigenvalue weighted by atomic mass is 10.1. The lowest BCUT2D eigenvalue weighted by molar-refractivity contribution is -0.115. The quantitative estimate of drug-likeness (QED) is 0.712. The van der Waals surface area contributed by atoms with Crippen LogP contribution in [0.3, 0.4) is 0 Å². The maximum atomic E-state index is 12.2. The average molecular weight is 381 g/mol. The van der Waals surface area contributed by atoms with Crippen LogP contribution in [0.2, 0.25) is 0 Å². The molecule has 6 nitrogen and oxygen atoms in total. The van der Waals surface area contributed by atoms with Crippen LogP contribution in [0, 0.1) is 0 Å². The third-order valence-electron chi connectivity index (χ3n) is 4.88. The van der Waals surface area contributed by atoms with Crippen molar-refractivity contribution in [1.82, 2.24) is 0 Å². The molecule has 0 aromatic heterocycles. The summed E-state index contributed by atoms with van der Waals surface area (Å²) in [6, 6.07) is 15.2. The van der Waals surface area contributed by atoms with Crippen LogP contribution < -0.4 is 15.5 Å². The minimum Gasteiger partial charge on any atom is -0.465 e. The van der Waals surface area contributed by atoms with Crippen molar-refractivity contribution in [3.05, 3.63) is 54.1 Å². The van der Waals surface area contributed by atoms with Crippen LogP contribution in [0.25, 0.3) is 0 Å². The lowest BCUT2D eigenvalue weighted by Crippen LogP contribution is -2.29. The first kappa shape index (κ1) is 19.7. The maximum absolute atomic E-state index is 12.2. The number of para-hydroxylation sites is 1. The molecule has 1 saturated heterocycles. The first-order chi connectivity index (χ1) is 13.7. The fourth-order valence-electron chi connectivity index (χ4n) is 3.36. The highest BCUT2D eigenvalue weighted by Gasteiger charge is 2.13. The lowest BCUT2D eigenvalue weighted by Gasteiger charge is -2.28. The minimum absolute atomic E-state index is 0.159. The van der Waals surface area contributed by atoms with Crippen LogP contribution in [0.1, 0.15) is 36.0 Å². The minimum atomic E-state index is -0.470. The molecule has 1 aliphatic rings. The number of carbonyl (C=O) groups excluding carboxylic acids is 2. The van der Waals surface area contributed by atoms with E-state index in [9.17, 15) is 9.59 Å². The van der Waals surface area contributed by atoms with E-state index in [0.717, 1.165) is 18.8 Å². The van der Waals surface area contributed by atoms with E-state index >= 15 is 0 Å². The second-order valence-corrected chi connectivity index (χ2v) is 6.86. The van der Waals surface area contributed by atoms with E-state index in [0.29, 0.717) is 24.2 Å². The summed E-state index contributed by atoms with van der Waals surface area (Å²) in [5.74, 6) is -0.628. The standard InChI is InChI=1S/C22H27N3O3/c1-28-22(27)19-7-3-4-8-20(19)24-21(26)13-14-23-17-9-11-18(12-10-17)25-15-5-2-6-16-25/h3-4,7-12,23H,2,5-6,13-16H2,1H3,(H,24,26). The molecule has 148 valence electrons. The second-order valence-electron chi connectivity index (χ2n) is 6.86. The molecule has 0 radical (unpaired) electrons. The van der Waals surface area contributed by atoms with Crippen molar-refractivity contribution in [1.29, 1.82) is 0 Å². The summed E-state index contributed by atoms with van der Waals surface area (Å²) in [5, 5.41) is 6.05. The van der Waals surface area contributed by atoms with Crippen LogP contribution in [-0.2, 0) is 9.53 Å². The van der Waals surface area contributed by atoms with Crippen molar-refractivity contribution in [2.45, 2.75) is 25.7 Å². The largest absolute Gasteiger partial charge is 0.465 e. The third-order valence-corrected chi connectivity index (χ3v) is 4.88. The Morgan fingerprint density at radius 1 is 1.00 bits per heavy atom. The Hall–Kier alpha value is -3.02. The number of hydrogen-bond donors (Lipinski definition) is 2. The van der Waals surface area contributed by atoms with E-state index in [1.165, 1.54) is 32.1 Å². The van der Waals surface area contributed by atoms with Crippen molar-refractivity contribution in [2.75, 3.05) is 42.3 Å². The Morgan fingerprint density at radius 3 is 2.43 bits per heavy atom. The zero-order valence-corrected chi connectivity index (χ0v) is 16.2. The van der Waals surface area contributed by atoms with Gasteiger partial charge >= 0.3 is 5.97 Å². The maximum Gasteiger partial charge on any atom is 0.339 e. The molecule has 0 spiro atoms. The molecule has 1 heterocycles. The number of methoxy groups -OCH3 is 1. The fraction of sp³-hybridized carbons (Fsp3) is 0.364. The molecule has 28 heavy (non-hydrogen) atoms. The van der Waals surface area contributed by atoms with Crippen LogP contribution in [0.4, 0.5) is 17.1 Å². The van der Waals surface area contributed by atoms with Crippen molar-refractivity contribution >= 4 is 28.9 Å². The summed E-state index contributed by atoms with van der Waals surface area (Å²) in [7, 11) is 1.32. The van der Waals surface area contributed by atoms with E-state index in [-0.39, 0.29) is 5.91 Å². The monoisotopic (exact) mass is 381 g/mol. The van der Waals surface area contributed by atoms with E-state index in [1.54, 1.807) is 24.3 Å². The first-order valence-corrected chi connectivity index (χ1v) is 9.73. The van der Waals surface area contributed by atoms with Crippen LogP contribution in [-0.4, -0.2) is 38.6 Å². The molecule has 1 amide bonds. The Labute approximate surface area is 165 Å². The zero-order chi connectivity index (χ0) is 19.8. The van der Waals surface area contributed by atoms with Gasteiger partial charge in [-0.15, -0.1) is 0 Å². The number of esters is 1. The molecule has 2 aromatic carbocycles. The van der Waals surface area contributed by atoms with Crippen LogP contribution >= 0.6 is 0 Å². The van der Waals surface area contributed by atoms with Gasteiger partial charge in [-0.05, 0) is 55.7 Å². The number of ether oxygens (including phenoxy) is 1. The van der Waals surface area contributed by atoms with Gasteiger partial charge in [-0.1, -0.05) is 12.1 Å². The Balaban J connectivity index is 1.47. The van der Waals surface area contributed by atoms with Crippen molar-refractivity contribution in [2.24, 2.45) is 0 Å². The van der Waals surface area contributed by atoms with E-state index in [1.807, 2.05) is 12.1 Å². The van der Waals surface area contributed by atoms with Gasteiger partial charge in [-0.3, -0.25) is 4.79 Å². The highest BCUT2D eigenvalue weighted by Crippen LogP contribution is 2.22. The Morgan fingerprint density at radius 2 is 1.71 bits per heavy atom. The second kappa shape index (κ2) is 9.78. The molecule has 3 rings (SSSR count). The molecule has 2 aromatic rings.